The normalized spacial score (nSPS) is 17.7. The molecule has 1 amide bonds. The van der Waals surface area contributed by atoms with Crippen LogP contribution in [-0.4, -0.2) is 17.4 Å². The van der Waals surface area contributed by atoms with Gasteiger partial charge in [-0.25, -0.2) is 0 Å². The molecule has 1 atom stereocenters. The van der Waals surface area contributed by atoms with E-state index < -0.39 is 0 Å². The molecule has 22 heavy (non-hydrogen) atoms. The second kappa shape index (κ2) is 6.53. The fourth-order valence-corrected chi connectivity index (χ4v) is 3.46. The van der Waals surface area contributed by atoms with Crippen LogP contribution in [0.5, 0.6) is 0 Å². The number of nitrogens with zero attached hydrogens (tertiary/aromatic N) is 1. The maximum Gasteiger partial charge on any atom is 0.227 e. The molecule has 0 saturated carbocycles. The van der Waals surface area contributed by atoms with Crippen LogP contribution in [0.4, 0.5) is 0 Å². The molecule has 0 radical (unpaired) electrons. The van der Waals surface area contributed by atoms with Crippen molar-refractivity contribution >= 4 is 17.5 Å². The fourth-order valence-electron chi connectivity index (χ4n) is 3.26. The summed E-state index contributed by atoms with van der Waals surface area (Å²) in [5.74, 6) is 0.166. The molecule has 0 spiro atoms. The molecule has 2 aromatic carbocycles. The van der Waals surface area contributed by atoms with Crippen molar-refractivity contribution in [3.8, 4) is 0 Å². The zero-order chi connectivity index (χ0) is 15.5. The van der Waals surface area contributed by atoms with Crippen LogP contribution in [0.3, 0.4) is 0 Å². The smallest absolute Gasteiger partial charge is 0.227 e. The van der Waals surface area contributed by atoms with Crippen molar-refractivity contribution in [2.45, 2.75) is 32.2 Å². The standard InChI is InChI=1S/C19H20ClNO/c1-14-7-2-4-9-16(14)18-11-6-12-21(18)19(22)13-15-8-3-5-10-17(15)20/h2-5,7-10,18H,6,11-13H2,1H3. The number of carbonyl (C=O) groups is 1. The average molecular weight is 314 g/mol. The van der Waals surface area contributed by atoms with Gasteiger partial charge in [0.25, 0.3) is 0 Å². The van der Waals surface area contributed by atoms with Crippen molar-refractivity contribution in [2.75, 3.05) is 6.54 Å². The highest BCUT2D eigenvalue weighted by Gasteiger charge is 2.30. The Morgan fingerprint density at radius 3 is 2.68 bits per heavy atom. The van der Waals surface area contributed by atoms with Gasteiger partial charge in [0.05, 0.1) is 12.5 Å². The Bertz CT molecular complexity index is 683. The minimum atomic E-state index is 0.166. The molecule has 0 bridgehead atoms. The lowest BCUT2D eigenvalue weighted by atomic mass is 9.99. The van der Waals surface area contributed by atoms with E-state index in [1.54, 1.807) is 0 Å². The van der Waals surface area contributed by atoms with Gasteiger partial charge in [-0.2, -0.15) is 0 Å². The topological polar surface area (TPSA) is 20.3 Å². The van der Waals surface area contributed by atoms with Crippen molar-refractivity contribution in [1.82, 2.24) is 4.90 Å². The summed E-state index contributed by atoms with van der Waals surface area (Å²) in [6, 6.07) is 16.1. The van der Waals surface area contributed by atoms with Crippen LogP contribution in [0, 0.1) is 6.92 Å². The zero-order valence-corrected chi connectivity index (χ0v) is 13.5. The predicted molar refractivity (Wildman–Crippen MR) is 90.0 cm³/mol. The van der Waals surface area contributed by atoms with E-state index in [-0.39, 0.29) is 11.9 Å². The van der Waals surface area contributed by atoms with Crippen LogP contribution in [0.1, 0.15) is 35.6 Å². The molecule has 114 valence electrons. The molecule has 3 heteroatoms. The third kappa shape index (κ3) is 3.02. The number of aryl methyl sites for hydroxylation is 1. The number of hydrogen-bond donors (Lipinski definition) is 0. The van der Waals surface area contributed by atoms with Gasteiger partial charge in [0, 0.05) is 11.6 Å². The number of halogens is 1. The molecule has 1 aliphatic rings. The second-order valence-corrected chi connectivity index (χ2v) is 6.28. The van der Waals surface area contributed by atoms with E-state index in [0.29, 0.717) is 11.4 Å². The Kier molecular flexibility index (Phi) is 4.49. The van der Waals surface area contributed by atoms with Gasteiger partial charge in [0.15, 0.2) is 0 Å². The number of likely N-dealkylation sites (tertiary alicyclic amines) is 1. The highest BCUT2D eigenvalue weighted by atomic mass is 35.5. The van der Waals surface area contributed by atoms with Crippen LogP contribution >= 0.6 is 11.6 Å². The van der Waals surface area contributed by atoms with Crippen LogP contribution < -0.4 is 0 Å². The zero-order valence-electron chi connectivity index (χ0n) is 12.8. The first-order valence-corrected chi connectivity index (χ1v) is 8.13. The number of carbonyl (C=O) groups excluding carboxylic acids is 1. The second-order valence-electron chi connectivity index (χ2n) is 5.87. The first kappa shape index (κ1) is 15.1. The van der Waals surface area contributed by atoms with Gasteiger partial charge in [-0.05, 0) is 42.5 Å². The molecule has 2 nitrogen and oxygen atoms in total. The molecule has 1 aliphatic heterocycles. The van der Waals surface area contributed by atoms with E-state index in [4.69, 9.17) is 11.6 Å². The van der Waals surface area contributed by atoms with Crippen molar-refractivity contribution in [3.05, 3.63) is 70.2 Å². The summed E-state index contributed by atoms with van der Waals surface area (Å²) in [6.07, 6.45) is 2.48. The molecule has 0 aromatic heterocycles. The Morgan fingerprint density at radius 1 is 1.18 bits per heavy atom. The Morgan fingerprint density at radius 2 is 1.91 bits per heavy atom. The molecule has 1 heterocycles. The number of benzene rings is 2. The highest BCUT2D eigenvalue weighted by molar-refractivity contribution is 6.31. The van der Waals surface area contributed by atoms with Crippen molar-refractivity contribution in [3.63, 3.8) is 0 Å². The van der Waals surface area contributed by atoms with Crippen LogP contribution in [0.15, 0.2) is 48.5 Å². The highest BCUT2D eigenvalue weighted by Crippen LogP contribution is 2.34. The third-order valence-electron chi connectivity index (χ3n) is 4.42. The summed E-state index contributed by atoms with van der Waals surface area (Å²) in [4.78, 5) is 14.7. The van der Waals surface area contributed by atoms with Gasteiger partial charge < -0.3 is 4.90 Å². The maximum absolute atomic E-state index is 12.7. The molecule has 0 N–H and O–H groups in total. The maximum atomic E-state index is 12.7. The lowest BCUT2D eigenvalue weighted by molar-refractivity contribution is -0.131. The lowest BCUT2D eigenvalue weighted by Gasteiger charge is -2.26. The molecule has 2 aromatic rings. The number of amides is 1. The average Bonchev–Trinajstić information content (AvgIpc) is 2.99. The third-order valence-corrected chi connectivity index (χ3v) is 4.79. The van der Waals surface area contributed by atoms with Crippen molar-refractivity contribution in [2.24, 2.45) is 0 Å². The van der Waals surface area contributed by atoms with Crippen molar-refractivity contribution < 1.29 is 4.79 Å². The molecule has 0 aliphatic carbocycles. The molecule has 3 rings (SSSR count). The molecule has 1 unspecified atom stereocenters. The summed E-state index contributed by atoms with van der Waals surface area (Å²) in [6.45, 7) is 2.95. The quantitative estimate of drug-likeness (QED) is 0.813. The van der Waals surface area contributed by atoms with Crippen molar-refractivity contribution in [1.29, 1.82) is 0 Å². The van der Waals surface area contributed by atoms with E-state index in [0.717, 1.165) is 24.9 Å². The van der Waals surface area contributed by atoms with Crippen LogP contribution in [-0.2, 0) is 11.2 Å². The minimum Gasteiger partial charge on any atom is -0.335 e. The van der Waals surface area contributed by atoms with E-state index in [1.807, 2.05) is 35.2 Å². The van der Waals surface area contributed by atoms with E-state index in [9.17, 15) is 4.79 Å². The Hall–Kier alpha value is -1.80. The largest absolute Gasteiger partial charge is 0.335 e. The lowest BCUT2D eigenvalue weighted by Crippen LogP contribution is -2.32. The number of rotatable bonds is 3. The molecule has 1 fully saturated rings. The SMILES string of the molecule is Cc1ccccc1C1CCCN1C(=O)Cc1ccccc1Cl. The minimum absolute atomic E-state index is 0.166. The van der Waals surface area contributed by atoms with Gasteiger partial charge >= 0.3 is 0 Å². The first-order chi connectivity index (χ1) is 10.7. The molecule has 1 saturated heterocycles. The summed E-state index contributed by atoms with van der Waals surface area (Å²) >= 11 is 6.18. The van der Waals surface area contributed by atoms with Crippen LogP contribution in [0.25, 0.3) is 0 Å². The van der Waals surface area contributed by atoms with Crippen LogP contribution in [0.2, 0.25) is 5.02 Å². The van der Waals surface area contributed by atoms with Gasteiger partial charge in [-0.1, -0.05) is 54.1 Å². The van der Waals surface area contributed by atoms with E-state index in [2.05, 4.69) is 25.1 Å². The fraction of sp³-hybridized carbons (Fsp3) is 0.316. The summed E-state index contributed by atoms with van der Waals surface area (Å²) in [5, 5.41) is 0.669. The summed E-state index contributed by atoms with van der Waals surface area (Å²) in [5.41, 5.74) is 3.43. The van der Waals surface area contributed by atoms with Gasteiger partial charge in [0.2, 0.25) is 5.91 Å². The van der Waals surface area contributed by atoms with E-state index >= 15 is 0 Å². The molecular weight excluding hydrogens is 294 g/mol. The van der Waals surface area contributed by atoms with Gasteiger partial charge in [-0.15, -0.1) is 0 Å². The van der Waals surface area contributed by atoms with E-state index in [1.165, 1.54) is 11.1 Å². The molecular formula is C19H20ClNO. The Balaban J connectivity index is 1.80. The summed E-state index contributed by atoms with van der Waals surface area (Å²) in [7, 11) is 0. The monoisotopic (exact) mass is 313 g/mol. The van der Waals surface area contributed by atoms with Gasteiger partial charge in [0.1, 0.15) is 0 Å². The number of hydrogen-bond acceptors (Lipinski definition) is 1. The Labute approximate surface area is 136 Å². The summed E-state index contributed by atoms with van der Waals surface area (Å²) < 4.78 is 0. The predicted octanol–water partition coefficient (Wildman–Crippen LogP) is 4.55. The first-order valence-electron chi connectivity index (χ1n) is 7.75. The van der Waals surface area contributed by atoms with Gasteiger partial charge in [-0.3, -0.25) is 4.79 Å².